The van der Waals surface area contributed by atoms with Crippen molar-refractivity contribution in [2.45, 2.75) is 33.1 Å². The minimum absolute atomic E-state index is 0.590. The summed E-state index contributed by atoms with van der Waals surface area (Å²) >= 11 is 6.10. The Morgan fingerprint density at radius 2 is 2.04 bits per heavy atom. The zero-order valence-electron chi connectivity index (χ0n) is 13.6. The number of aliphatic imine (C=N–C) groups is 1. The quantitative estimate of drug-likeness (QED) is 0.731. The number of hydrogen-bond donors (Lipinski definition) is 1. The summed E-state index contributed by atoms with van der Waals surface area (Å²) < 4.78 is 0. The van der Waals surface area contributed by atoms with Crippen molar-refractivity contribution >= 4 is 28.6 Å². The van der Waals surface area contributed by atoms with E-state index in [9.17, 15) is 0 Å². The Bertz CT molecular complexity index is 779. The fourth-order valence-corrected chi connectivity index (χ4v) is 3.26. The van der Waals surface area contributed by atoms with Gasteiger partial charge < -0.3 is 5.41 Å². The van der Waals surface area contributed by atoms with Crippen molar-refractivity contribution in [3.63, 3.8) is 0 Å². The van der Waals surface area contributed by atoms with Gasteiger partial charge >= 0.3 is 0 Å². The van der Waals surface area contributed by atoms with Gasteiger partial charge in [0.25, 0.3) is 0 Å². The van der Waals surface area contributed by atoms with Gasteiger partial charge in [0.05, 0.1) is 12.3 Å². The number of nitrogens with one attached hydrogen (secondary N) is 1. The van der Waals surface area contributed by atoms with Crippen molar-refractivity contribution in [2.24, 2.45) is 4.99 Å². The van der Waals surface area contributed by atoms with E-state index in [2.05, 4.69) is 37.3 Å². The minimum Gasteiger partial charge on any atom is -0.305 e. The molecule has 0 radical (unpaired) electrons. The van der Waals surface area contributed by atoms with E-state index in [1.807, 2.05) is 13.0 Å². The number of fused-ring (bicyclic) bond motifs is 1. The Labute approximate surface area is 142 Å². The van der Waals surface area contributed by atoms with Crippen LogP contribution < -0.4 is 0 Å². The van der Waals surface area contributed by atoms with Crippen LogP contribution in [-0.4, -0.2) is 18.0 Å². The second-order valence-electron chi connectivity index (χ2n) is 5.97. The minimum atomic E-state index is 0.590. The standard InChI is InChI=1S/C20H21ClN2/c1-3-14-4-9-18-17(13(2)22)10-11-23-20(19(18)12-14)15-5-7-16(21)8-6-15/h4-5,7,9-10,12,22H,3,6,8,11H2,1-2H3. The van der Waals surface area contributed by atoms with Crippen molar-refractivity contribution < 1.29 is 0 Å². The van der Waals surface area contributed by atoms with Gasteiger partial charge in [-0.05, 0) is 55.0 Å². The largest absolute Gasteiger partial charge is 0.305 e. The van der Waals surface area contributed by atoms with Crippen molar-refractivity contribution in [3.8, 4) is 0 Å². The van der Waals surface area contributed by atoms with Crippen LogP contribution in [0, 0.1) is 5.41 Å². The molecule has 2 nitrogen and oxygen atoms in total. The van der Waals surface area contributed by atoms with Gasteiger partial charge in [0.1, 0.15) is 0 Å². The Kier molecular flexibility index (Phi) is 4.63. The average Bonchev–Trinajstić information content (AvgIpc) is 2.74. The maximum absolute atomic E-state index is 8.09. The highest BCUT2D eigenvalue weighted by atomic mass is 35.5. The van der Waals surface area contributed by atoms with E-state index in [-0.39, 0.29) is 0 Å². The summed E-state index contributed by atoms with van der Waals surface area (Å²) in [6.45, 7) is 4.62. The normalized spacial score (nSPS) is 17.3. The fourth-order valence-electron chi connectivity index (χ4n) is 3.10. The van der Waals surface area contributed by atoms with Crippen molar-refractivity contribution in [3.05, 3.63) is 63.7 Å². The molecule has 3 rings (SSSR count). The highest BCUT2D eigenvalue weighted by molar-refractivity contribution is 6.30. The molecule has 0 atom stereocenters. The summed E-state index contributed by atoms with van der Waals surface area (Å²) in [6.07, 6.45) is 8.92. The van der Waals surface area contributed by atoms with E-state index in [1.54, 1.807) is 0 Å². The van der Waals surface area contributed by atoms with Crippen LogP contribution in [0.25, 0.3) is 5.57 Å². The topological polar surface area (TPSA) is 36.2 Å². The molecule has 118 valence electrons. The number of rotatable bonds is 3. The number of hydrogen-bond acceptors (Lipinski definition) is 2. The third kappa shape index (κ3) is 3.23. The number of benzene rings is 1. The molecular formula is C20H21ClN2. The first-order valence-corrected chi connectivity index (χ1v) is 8.47. The first kappa shape index (κ1) is 15.9. The molecular weight excluding hydrogens is 304 g/mol. The van der Waals surface area contributed by atoms with E-state index in [1.165, 1.54) is 11.1 Å². The summed E-state index contributed by atoms with van der Waals surface area (Å²) in [6, 6.07) is 6.53. The maximum Gasteiger partial charge on any atom is 0.0688 e. The molecule has 1 aliphatic heterocycles. The number of nitrogens with zero attached hydrogens (tertiary/aromatic N) is 1. The Morgan fingerprint density at radius 1 is 1.22 bits per heavy atom. The molecule has 1 aromatic carbocycles. The van der Waals surface area contributed by atoms with Crippen molar-refractivity contribution in [2.75, 3.05) is 6.54 Å². The van der Waals surface area contributed by atoms with Crippen LogP contribution in [-0.2, 0) is 6.42 Å². The molecule has 0 saturated carbocycles. The van der Waals surface area contributed by atoms with Crippen LogP contribution in [0.5, 0.6) is 0 Å². The molecule has 1 aromatic rings. The Hall–Kier alpha value is -1.93. The smallest absolute Gasteiger partial charge is 0.0688 e. The van der Waals surface area contributed by atoms with Crippen LogP contribution in [0.3, 0.4) is 0 Å². The Morgan fingerprint density at radius 3 is 2.70 bits per heavy atom. The molecule has 1 N–H and O–H groups in total. The predicted octanol–water partition coefficient (Wildman–Crippen LogP) is 5.32. The van der Waals surface area contributed by atoms with E-state index in [0.717, 1.165) is 46.7 Å². The summed E-state index contributed by atoms with van der Waals surface area (Å²) in [5, 5.41) is 8.99. The summed E-state index contributed by atoms with van der Waals surface area (Å²) in [5.74, 6) is 0. The maximum atomic E-state index is 8.09. The van der Waals surface area contributed by atoms with Gasteiger partial charge in [0.15, 0.2) is 0 Å². The number of aryl methyl sites for hydroxylation is 1. The van der Waals surface area contributed by atoms with Gasteiger partial charge in [-0.15, -0.1) is 0 Å². The lowest BCUT2D eigenvalue weighted by Crippen LogP contribution is -2.11. The zero-order chi connectivity index (χ0) is 16.4. The first-order valence-electron chi connectivity index (χ1n) is 8.09. The molecule has 0 unspecified atom stereocenters. The SMILES string of the molecule is CCc1ccc2c(c1)C(C1=CC=C(Cl)CC1)=NCC=C2C(C)=N. The first-order chi connectivity index (χ1) is 11.1. The molecule has 3 heteroatoms. The second-order valence-corrected chi connectivity index (χ2v) is 6.46. The molecule has 0 saturated heterocycles. The number of halogens is 1. The fraction of sp³-hybridized carbons (Fsp3) is 0.300. The van der Waals surface area contributed by atoms with Crippen molar-refractivity contribution in [1.82, 2.24) is 0 Å². The van der Waals surface area contributed by atoms with E-state index in [4.69, 9.17) is 22.0 Å². The highest BCUT2D eigenvalue weighted by Crippen LogP contribution is 2.31. The van der Waals surface area contributed by atoms with Gasteiger partial charge in [0.2, 0.25) is 0 Å². The van der Waals surface area contributed by atoms with E-state index < -0.39 is 0 Å². The third-order valence-electron chi connectivity index (χ3n) is 4.39. The molecule has 0 amide bonds. The molecule has 1 heterocycles. The van der Waals surface area contributed by atoms with Gasteiger partial charge in [-0.3, -0.25) is 4.99 Å². The lowest BCUT2D eigenvalue weighted by molar-refractivity contribution is 0.983. The molecule has 2 aliphatic rings. The van der Waals surface area contributed by atoms with Crippen LogP contribution in [0.1, 0.15) is 43.4 Å². The number of allylic oxidation sites excluding steroid dienone is 5. The monoisotopic (exact) mass is 324 g/mol. The molecule has 0 bridgehead atoms. The van der Waals surface area contributed by atoms with Gasteiger partial charge in [-0.2, -0.15) is 0 Å². The van der Waals surface area contributed by atoms with E-state index >= 15 is 0 Å². The summed E-state index contributed by atoms with van der Waals surface area (Å²) in [5.41, 5.74) is 7.44. The zero-order valence-corrected chi connectivity index (χ0v) is 14.4. The lowest BCUT2D eigenvalue weighted by Gasteiger charge is -2.17. The van der Waals surface area contributed by atoms with Crippen LogP contribution in [0.4, 0.5) is 0 Å². The van der Waals surface area contributed by atoms with Gasteiger partial charge in [0, 0.05) is 21.9 Å². The molecule has 1 aliphatic carbocycles. The van der Waals surface area contributed by atoms with Gasteiger partial charge in [-0.1, -0.05) is 42.8 Å². The lowest BCUT2D eigenvalue weighted by atomic mass is 9.88. The predicted molar refractivity (Wildman–Crippen MR) is 99.9 cm³/mol. The summed E-state index contributed by atoms with van der Waals surface area (Å²) in [4.78, 5) is 4.82. The second kappa shape index (κ2) is 6.67. The molecule has 0 aromatic heterocycles. The highest BCUT2D eigenvalue weighted by Gasteiger charge is 2.20. The van der Waals surface area contributed by atoms with Gasteiger partial charge in [-0.25, -0.2) is 0 Å². The molecule has 0 fully saturated rings. The molecule has 0 spiro atoms. The Balaban J connectivity index is 2.15. The van der Waals surface area contributed by atoms with Crippen LogP contribution in [0.15, 0.2) is 52.0 Å². The third-order valence-corrected chi connectivity index (χ3v) is 4.70. The van der Waals surface area contributed by atoms with Crippen molar-refractivity contribution in [1.29, 1.82) is 5.41 Å². The summed E-state index contributed by atoms with van der Waals surface area (Å²) in [7, 11) is 0. The van der Waals surface area contributed by atoms with Crippen LogP contribution >= 0.6 is 11.6 Å². The molecule has 23 heavy (non-hydrogen) atoms. The van der Waals surface area contributed by atoms with E-state index in [0.29, 0.717) is 12.3 Å². The average molecular weight is 325 g/mol. The van der Waals surface area contributed by atoms with Crippen LogP contribution in [0.2, 0.25) is 0 Å².